The Labute approximate surface area is 121 Å². The molecule has 1 unspecified atom stereocenters. The lowest BCUT2D eigenvalue weighted by molar-refractivity contribution is -0.117. The zero-order valence-electron chi connectivity index (χ0n) is 10.5. The summed E-state index contributed by atoms with van der Waals surface area (Å²) in [5.41, 5.74) is 0.909. The Morgan fingerprint density at radius 3 is 2.89 bits per heavy atom. The Hall–Kier alpha value is -1.58. The summed E-state index contributed by atoms with van der Waals surface area (Å²) in [4.78, 5) is 12.9. The van der Waals surface area contributed by atoms with Crippen LogP contribution in [0.15, 0.2) is 47.9 Å². The fourth-order valence-electron chi connectivity index (χ4n) is 1.65. The van der Waals surface area contributed by atoms with Gasteiger partial charge in [0.15, 0.2) is 0 Å². The number of carbonyl (C=O) groups excluding carboxylic acids is 1. The molecule has 1 amide bonds. The van der Waals surface area contributed by atoms with Crippen LogP contribution in [0.2, 0.25) is 5.02 Å². The van der Waals surface area contributed by atoms with E-state index in [9.17, 15) is 4.79 Å². The van der Waals surface area contributed by atoms with Crippen LogP contribution in [-0.4, -0.2) is 5.91 Å². The molecule has 0 saturated carbocycles. The number of rotatable bonds is 4. The molecule has 1 N–H and O–H groups in total. The van der Waals surface area contributed by atoms with E-state index in [2.05, 4.69) is 5.32 Å². The molecule has 98 valence electrons. The first-order chi connectivity index (χ1) is 9.15. The third kappa shape index (κ3) is 4.23. The molecule has 0 aliphatic heterocycles. The van der Waals surface area contributed by atoms with Gasteiger partial charge in [-0.25, -0.2) is 0 Å². The number of amides is 1. The topological polar surface area (TPSA) is 29.1 Å². The fourth-order valence-corrected chi connectivity index (χ4v) is 2.59. The number of halogens is 1. The highest BCUT2D eigenvalue weighted by molar-refractivity contribution is 7.10. The van der Waals surface area contributed by atoms with Gasteiger partial charge in [0, 0.05) is 16.0 Å². The Bertz CT molecular complexity index is 578. The first-order valence-electron chi connectivity index (χ1n) is 5.93. The summed E-state index contributed by atoms with van der Waals surface area (Å²) in [5.74, 6) is -0.110. The molecule has 2 aromatic rings. The van der Waals surface area contributed by atoms with Crippen molar-refractivity contribution in [3.8, 4) is 0 Å². The second-order valence-electron chi connectivity index (χ2n) is 4.13. The molecule has 0 bridgehead atoms. The number of hydrogen-bond acceptors (Lipinski definition) is 2. The van der Waals surface area contributed by atoms with E-state index in [4.69, 9.17) is 11.6 Å². The maximum absolute atomic E-state index is 11.8. The van der Waals surface area contributed by atoms with Crippen LogP contribution >= 0.6 is 22.9 Å². The fraction of sp³-hybridized carbons (Fsp3) is 0.133. The summed E-state index contributed by atoms with van der Waals surface area (Å²) in [7, 11) is 0. The van der Waals surface area contributed by atoms with Crippen molar-refractivity contribution in [2.24, 2.45) is 0 Å². The smallest absolute Gasteiger partial charge is 0.244 e. The highest BCUT2D eigenvalue weighted by Gasteiger charge is 2.07. The SMILES string of the molecule is CC(NC(=O)/C=C/c1cccc(Cl)c1)c1cccs1. The Morgan fingerprint density at radius 1 is 1.37 bits per heavy atom. The van der Waals surface area contributed by atoms with Gasteiger partial charge in [0.25, 0.3) is 0 Å². The minimum Gasteiger partial charge on any atom is -0.345 e. The van der Waals surface area contributed by atoms with E-state index in [1.807, 2.05) is 42.6 Å². The van der Waals surface area contributed by atoms with Gasteiger partial charge in [0.1, 0.15) is 0 Å². The van der Waals surface area contributed by atoms with Gasteiger partial charge < -0.3 is 5.32 Å². The molecular weight excluding hydrogens is 278 g/mol. The Morgan fingerprint density at radius 2 is 2.21 bits per heavy atom. The molecule has 0 aliphatic rings. The van der Waals surface area contributed by atoms with Crippen LogP contribution in [0.3, 0.4) is 0 Å². The van der Waals surface area contributed by atoms with Crippen molar-refractivity contribution < 1.29 is 4.79 Å². The quantitative estimate of drug-likeness (QED) is 0.837. The molecule has 1 heterocycles. The van der Waals surface area contributed by atoms with E-state index in [1.54, 1.807) is 23.5 Å². The van der Waals surface area contributed by atoms with Crippen LogP contribution in [0.1, 0.15) is 23.4 Å². The predicted molar refractivity (Wildman–Crippen MR) is 81.4 cm³/mol. The van der Waals surface area contributed by atoms with Gasteiger partial charge in [-0.3, -0.25) is 4.79 Å². The van der Waals surface area contributed by atoms with Crippen LogP contribution in [-0.2, 0) is 4.79 Å². The van der Waals surface area contributed by atoms with Crippen molar-refractivity contribution in [2.75, 3.05) is 0 Å². The van der Waals surface area contributed by atoms with Crippen molar-refractivity contribution >= 4 is 34.9 Å². The van der Waals surface area contributed by atoms with Gasteiger partial charge in [0.05, 0.1) is 6.04 Å². The van der Waals surface area contributed by atoms with Crippen molar-refractivity contribution in [3.05, 3.63) is 63.3 Å². The van der Waals surface area contributed by atoms with E-state index in [-0.39, 0.29) is 11.9 Å². The molecule has 0 radical (unpaired) electrons. The molecule has 1 atom stereocenters. The van der Waals surface area contributed by atoms with E-state index < -0.39 is 0 Å². The highest BCUT2D eigenvalue weighted by atomic mass is 35.5. The maximum Gasteiger partial charge on any atom is 0.244 e. The van der Waals surface area contributed by atoms with Crippen molar-refractivity contribution in [2.45, 2.75) is 13.0 Å². The van der Waals surface area contributed by atoms with Gasteiger partial charge in [-0.15, -0.1) is 11.3 Å². The minimum absolute atomic E-state index is 0.0245. The lowest BCUT2D eigenvalue weighted by atomic mass is 10.2. The molecule has 0 saturated heterocycles. The van der Waals surface area contributed by atoms with E-state index in [0.717, 1.165) is 10.4 Å². The highest BCUT2D eigenvalue weighted by Crippen LogP contribution is 2.18. The number of thiophene rings is 1. The van der Waals surface area contributed by atoms with E-state index in [0.29, 0.717) is 5.02 Å². The molecule has 1 aromatic carbocycles. The molecule has 4 heteroatoms. The van der Waals surface area contributed by atoms with Crippen LogP contribution in [0.25, 0.3) is 6.08 Å². The third-order valence-corrected chi connectivity index (χ3v) is 3.89. The third-order valence-electron chi connectivity index (χ3n) is 2.60. The second-order valence-corrected chi connectivity index (χ2v) is 5.55. The molecule has 2 rings (SSSR count). The van der Waals surface area contributed by atoms with Crippen molar-refractivity contribution in [1.29, 1.82) is 0 Å². The van der Waals surface area contributed by atoms with E-state index >= 15 is 0 Å². The molecular formula is C15H14ClNOS. The summed E-state index contributed by atoms with van der Waals surface area (Å²) >= 11 is 7.51. The first-order valence-corrected chi connectivity index (χ1v) is 7.18. The summed E-state index contributed by atoms with van der Waals surface area (Å²) in [5, 5.41) is 5.58. The monoisotopic (exact) mass is 291 g/mol. The second kappa shape index (κ2) is 6.55. The van der Waals surface area contributed by atoms with Gasteiger partial charge >= 0.3 is 0 Å². The van der Waals surface area contributed by atoms with Crippen molar-refractivity contribution in [1.82, 2.24) is 5.32 Å². The number of benzene rings is 1. The molecule has 2 nitrogen and oxygen atoms in total. The lowest BCUT2D eigenvalue weighted by Crippen LogP contribution is -2.23. The predicted octanol–water partition coefficient (Wildman–Crippen LogP) is 4.29. The summed E-state index contributed by atoms with van der Waals surface area (Å²) in [6.07, 6.45) is 3.28. The first kappa shape index (κ1) is 13.8. The molecule has 0 fully saturated rings. The normalized spacial score (nSPS) is 12.5. The minimum atomic E-state index is -0.110. The summed E-state index contributed by atoms with van der Waals surface area (Å²) < 4.78 is 0. The van der Waals surface area contributed by atoms with Crippen LogP contribution < -0.4 is 5.32 Å². The van der Waals surface area contributed by atoms with Crippen LogP contribution in [0.5, 0.6) is 0 Å². The maximum atomic E-state index is 11.8. The lowest BCUT2D eigenvalue weighted by Gasteiger charge is -2.09. The molecule has 19 heavy (non-hydrogen) atoms. The Kier molecular flexibility index (Phi) is 4.77. The van der Waals surface area contributed by atoms with Gasteiger partial charge in [-0.1, -0.05) is 29.8 Å². The number of nitrogens with one attached hydrogen (secondary N) is 1. The summed E-state index contributed by atoms with van der Waals surface area (Å²) in [6.45, 7) is 1.97. The van der Waals surface area contributed by atoms with Crippen molar-refractivity contribution in [3.63, 3.8) is 0 Å². The Balaban J connectivity index is 1.94. The molecule has 0 spiro atoms. The standard InChI is InChI=1S/C15H14ClNOS/c1-11(14-6-3-9-19-14)17-15(18)8-7-12-4-2-5-13(16)10-12/h2-11H,1H3,(H,17,18)/b8-7+. The zero-order chi connectivity index (χ0) is 13.7. The van der Waals surface area contributed by atoms with Gasteiger partial charge in [-0.2, -0.15) is 0 Å². The number of hydrogen-bond donors (Lipinski definition) is 1. The van der Waals surface area contributed by atoms with Gasteiger partial charge in [0.2, 0.25) is 5.91 Å². The average molecular weight is 292 g/mol. The number of carbonyl (C=O) groups is 1. The average Bonchev–Trinajstić information content (AvgIpc) is 2.90. The largest absolute Gasteiger partial charge is 0.345 e. The zero-order valence-corrected chi connectivity index (χ0v) is 12.0. The van der Waals surface area contributed by atoms with Gasteiger partial charge in [-0.05, 0) is 42.1 Å². The van der Waals surface area contributed by atoms with Crippen LogP contribution in [0.4, 0.5) is 0 Å². The van der Waals surface area contributed by atoms with E-state index in [1.165, 1.54) is 6.08 Å². The van der Waals surface area contributed by atoms with Crippen LogP contribution in [0, 0.1) is 0 Å². The molecule has 0 aliphatic carbocycles. The summed E-state index contributed by atoms with van der Waals surface area (Å²) in [6, 6.07) is 11.4. The molecule has 1 aromatic heterocycles.